The van der Waals surface area contributed by atoms with Gasteiger partial charge < -0.3 is 15.6 Å². The molecule has 3 nitrogen and oxygen atoms in total. The monoisotopic (exact) mass is 209 g/mol. The van der Waals surface area contributed by atoms with Crippen molar-refractivity contribution < 1.29 is 9.84 Å². The molecule has 0 saturated carbocycles. The first-order chi connectivity index (χ1) is 7.10. The van der Waals surface area contributed by atoms with Gasteiger partial charge in [-0.05, 0) is 23.1 Å². The van der Waals surface area contributed by atoms with Gasteiger partial charge >= 0.3 is 0 Å². The van der Waals surface area contributed by atoms with Gasteiger partial charge in [-0.25, -0.2) is 0 Å². The lowest BCUT2D eigenvalue weighted by Gasteiger charge is -2.15. The lowest BCUT2D eigenvalue weighted by molar-refractivity contribution is 0.186. The number of nitrogens with two attached hydrogens (primary N) is 1. The van der Waals surface area contributed by atoms with E-state index >= 15 is 0 Å². The molecule has 0 aliphatic carbocycles. The molecule has 0 heterocycles. The molecule has 0 radical (unpaired) electrons. The van der Waals surface area contributed by atoms with Gasteiger partial charge in [0, 0.05) is 6.54 Å². The summed E-state index contributed by atoms with van der Waals surface area (Å²) in [5, 5.41) is 9.60. The van der Waals surface area contributed by atoms with E-state index in [4.69, 9.17) is 10.5 Å². The number of aliphatic hydroxyl groups is 1. The van der Waals surface area contributed by atoms with Crippen LogP contribution < -0.4 is 10.5 Å². The van der Waals surface area contributed by atoms with Crippen LogP contribution in [0.4, 0.5) is 0 Å². The first kappa shape index (κ1) is 12.0. The van der Waals surface area contributed by atoms with Crippen LogP contribution in [0, 0.1) is 0 Å². The first-order valence-corrected chi connectivity index (χ1v) is 5.16. The van der Waals surface area contributed by atoms with Crippen LogP contribution in [0.5, 0.6) is 5.75 Å². The second-order valence-corrected chi connectivity index (χ2v) is 3.91. The second kappa shape index (κ2) is 5.14. The molecule has 3 heteroatoms. The van der Waals surface area contributed by atoms with E-state index in [2.05, 4.69) is 13.8 Å². The molecule has 1 aromatic carbocycles. The summed E-state index contributed by atoms with van der Waals surface area (Å²) < 4.78 is 5.29. The molecule has 0 aliphatic rings. The topological polar surface area (TPSA) is 55.5 Å². The Labute approximate surface area is 90.9 Å². The molecule has 0 bridgehead atoms. The van der Waals surface area contributed by atoms with Crippen molar-refractivity contribution in [2.45, 2.75) is 25.9 Å². The maximum absolute atomic E-state index is 9.60. The molecule has 0 aromatic heterocycles. The SMILES string of the molecule is COc1cc(C(O)CN)ccc1C(C)C. The third-order valence-electron chi connectivity index (χ3n) is 2.49. The summed E-state index contributed by atoms with van der Waals surface area (Å²) in [4.78, 5) is 0. The van der Waals surface area contributed by atoms with Crippen LogP contribution in [-0.4, -0.2) is 18.8 Å². The van der Waals surface area contributed by atoms with E-state index < -0.39 is 6.10 Å². The van der Waals surface area contributed by atoms with Crippen molar-refractivity contribution in [3.8, 4) is 5.75 Å². The van der Waals surface area contributed by atoms with Crippen LogP contribution in [-0.2, 0) is 0 Å². The highest BCUT2D eigenvalue weighted by atomic mass is 16.5. The van der Waals surface area contributed by atoms with Crippen LogP contribution in [0.15, 0.2) is 18.2 Å². The fraction of sp³-hybridized carbons (Fsp3) is 0.500. The third-order valence-corrected chi connectivity index (χ3v) is 2.49. The van der Waals surface area contributed by atoms with Gasteiger partial charge in [0.05, 0.1) is 13.2 Å². The van der Waals surface area contributed by atoms with Crippen molar-refractivity contribution in [3.63, 3.8) is 0 Å². The van der Waals surface area contributed by atoms with E-state index in [1.54, 1.807) is 7.11 Å². The van der Waals surface area contributed by atoms with E-state index in [-0.39, 0.29) is 6.54 Å². The number of rotatable bonds is 4. The molecule has 3 N–H and O–H groups in total. The maximum atomic E-state index is 9.60. The molecular formula is C12H19NO2. The average Bonchev–Trinajstić information content (AvgIpc) is 2.26. The molecule has 1 aromatic rings. The standard InChI is InChI=1S/C12H19NO2/c1-8(2)10-5-4-9(11(14)7-13)6-12(10)15-3/h4-6,8,11,14H,7,13H2,1-3H3. The van der Waals surface area contributed by atoms with Crippen molar-refractivity contribution in [1.29, 1.82) is 0 Å². The van der Waals surface area contributed by atoms with Gasteiger partial charge in [0.25, 0.3) is 0 Å². The Bertz CT molecular complexity index is 323. The Kier molecular flexibility index (Phi) is 4.12. The van der Waals surface area contributed by atoms with Crippen LogP contribution in [0.3, 0.4) is 0 Å². The lowest BCUT2D eigenvalue weighted by atomic mass is 9.98. The Morgan fingerprint density at radius 3 is 2.53 bits per heavy atom. The van der Waals surface area contributed by atoms with Gasteiger partial charge in [0.15, 0.2) is 0 Å². The van der Waals surface area contributed by atoms with Crippen molar-refractivity contribution in [1.82, 2.24) is 0 Å². The van der Waals surface area contributed by atoms with Crippen molar-refractivity contribution in [3.05, 3.63) is 29.3 Å². The predicted molar refractivity (Wildman–Crippen MR) is 61.1 cm³/mol. The summed E-state index contributed by atoms with van der Waals surface area (Å²) in [6.45, 7) is 4.44. The quantitative estimate of drug-likeness (QED) is 0.795. The minimum absolute atomic E-state index is 0.226. The molecule has 0 aliphatic heterocycles. The van der Waals surface area contributed by atoms with E-state index in [1.165, 1.54) is 0 Å². The number of ether oxygens (including phenoxy) is 1. The lowest BCUT2D eigenvalue weighted by Crippen LogP contribution is -2.11. The summed E-state index contributed by atoms with van der Waals surface area (Å²) in [6, 6.07) is 5.74. The Balaban J connectivity index is 3.07. The Morgan fingerprint density at radius 2 is 2.07 bits per heavy atom. The minimum Gasteiger partial charge on any atom is -0.496 e. The number of hydrogen-bond acceptors (Lipinski definition) is 3. The fourth-order valence-corrected chi connectivity index (χ4v) is 1.55. The highest BCUT2D eigenvalue weighted by Crippen LogP contribution is 2.29. The highest BCUT2D eigenvalue weighted by molar-refractivity contribution is 5.40. The molecule has 0 amide bonds. The smallest absolute Gasteiger partial charge is 0.122 e. The van der Waals surface area contributed by atoms with Crippen molar-refractivity contribution in [2.75, 3.05) is 13.7 Å². The molecule has 0 spiro atoms. The van der Waals surface area contributed by atoms with Crippen LogP contribution >= 0.6 is 0 Å². The molecule has 15 heavy (non-hydrogen) atoms. The average molecular weight is 209 g/mol. The Hall–Kier alpha value is -1.06. The van der Waals surface area contributed by atoms with Gasteiger partial charge in [-0.15, -0.1) is 0 Å². The normalized spacial score (nSPS) is 12.9. The van der Waals surface area contributed by atoms with Gasteiger partial charge in [-0.1, -0.05) is 26.0 Å². The maximum Gasteiger partial charge on any atom is 0.122 e. The number of hydrogen-bond donors (Lipinski definition) is 2. The molecule has 84 valence electrons. The van der Waals surface area contributed by atoms with Crippen molar-refractivity contribution >= 4 is 0 Å². The summed E-state index contributed by atoms with van der Waals surface area (Å²) in [5.41, 5.74) is 7.35. The molecule has 1 rings (SSSR count). The molecule has 0 fully saturated rings. The summed E-state index contributed by atoms with van der Waals surface area (Å²) in [7, 11) is 1.64. The molecule has 1 atom stereocenters. The minimum atomic E-state index is -0.611. The fourth-order valence-electron chi connectivity index (χ4n) is 1.55. The van der Waals surface area contributed by atoms with Gasteiger partial charge in [0.1, 0.15) is 5.75 Å². The Morgan fingerprint density at radius 1 is 1.40 bits per heavy atom. The largest absolute Gasteiger partial charge is 0.496 e. The number of methoxy groups -OCH3 is 1. The molecule has 0 saturated heterocycles. The van der Waals surface area contributed by atoms with Crippen LogP contribution in [0.1, 0.15) is 37.0 Å². The zero-order valence-corrected chi connectivity index (χ0v) is 9.53. The number of benzene rings is 1. The molecule has 1 unspecified atom stereocenters. The van der Waals surface area contributed by atoms with Crippen LogP contribution in [0.25, 0.3) is 0 Å². The zero-order valence-electron chi connectivity index (χ0n) is 9.53. The zero-order chi connectivity index (χ0) is 11.4. The third kappa shape index (κ3) is 2.70. The van der Waals surface area contributed by atoms with E-state index in [0.717, 1.165) is 16.9 Å². The van der Waals surface area contributed by atoms with E-state index in [0.29, 0.717) is 5.92 Å². The van der Waals surface area contributed by atoms with Gasteiger partial charge in [-0.2, -0.15) is 0 Å². The highest BCUT2D eigenvalue weighted by Gasteiger charge is 2.11. The summed E-state index contributed by atoms with van der Waals surface area (Å²) in [6.07, 6.45) is -0.611. The van der Waals surface area contributed by atoms with Crippen LogP contribution in [0.2, 0.25) is 0 Å². The van der Waals surface area contributed by atoms with Gasteiger partial charge in [-0.3, -0.25) is 0 Å². The second-order valence-electron chi connectivity index (χ2n) is 3.91. The predicted octanol–water partition coefficient (Wildman–Crippen LogP) is 1.81. The van der Waals surface area contributed by atoms with E-state index in [9.17, 15) is 5.11 Å². The molecular weight excluding hydrogens is 190 g/mol. The van der Waals surface area contributed by atoms with E-state index in [1.807, 2.05) is 18.2 Å². The first-order valence-electron chi connectivity index (χ1n) is 5.16. The van der Waals surface area contributed by atoms with Gasteiger partial charge in [0.2, 0.25) is 0 Å². The summed E-state index contributed by atoms with van der Waals surface area (Å²) >= 11 is 0. The van der Waals surface area contributed by atoms with Crippen molar-refractivity contribution in [2.24, 2.45) is 5.73 Å². The summed E-state index contributed by atoms with van der Waals surface area (Å²) in [5.74, 6) is 1.22. The number of aliphatic hydroxyl groups excluding tert-OH is 1.